The Hall–Kier alpha value is -2.33. The molecule has 138 valence electrons. The zero-order valence-corrected chi connectivity index (χ0v) is 17.5. The van der Waals surface area contributed by atoms with Crippen molar-refractivity contribution < 1.29 is 4.74 Å². The van der Waals surface area contributed by atoms with E-state index in [2.05, 4.69) is 66.7 Å². The molecule has 2 atom stereocenters. The molecule has 0 N–H and O–H groups in total. The molecule has 27 heavy (non-hydrogen) atoms. The Morgan fingerprint density at radius 1 is 1.19 bits per heavy atom. The van der Waals surface area contributed by atoms with E-state index in [1.54, 1.807) is 0 Å². The zero-order valence-electron chi connectivity index (χ0n) is 15.9. The molecule has 0 amide bonds. The van der Waals surface area contributed by atoms with Gasteiger partial charge in [-0.25, -0.2) is 4.68 Å². The Labute approximate surface area is 168 Å². The van der Waals surface area contributed by atoms with Crippen LogP contribution < -0.4 is 4.74 Å². The highest BCUT2D eigenvalue weighted by atomic mass is 79.9. The smallest absolute Gasteiger partial charge is 0.221 e. The molecule has 1 aliphatic rings. The van der Waals surface area contributed by atoms with E-state index in [1.807, 2.05) is 35.9 Å². The molecule has 0 bridgehead atoms. The Morgan fingerprint density at radius 3 is 2.48 bits per heavy atom. The van der Waals surface area contributed by atoms with Gasteiger partial charge in [-0.05, 0) is 56.2 Å². The summed E-state index contributed by atoms with van der Waals surface area (Å²) in [6.45, 7) is 10.4. The van der Waals surface area contributed by atoms with Crippen molar-refractivity contribution in [3.8, 4) is 11.6 Å². The maximum Gasteiger partial charge on any atom is 0.221 e. The predicted molar refractivity (Wildman–Crippen MR) is 113 cm³/mol. The Kier molecular flexibility index (Phi) is 4.47. The van der Waals surface area contributed by atoms with E-state index in [0.29, 0.717) is 0 Å². The van der Waals surface area contributed by atoms with Crippen molar-refractivity contribution in [1.82, 2.24) is 9.78 Å². The minimum atomic E-state index is -0.437. The fraction of sp³-hybridized carbons (Fsp3) is 0.261. The van der Waals surface area contributed by atoms with E-state index in [4.69, 9.17) is 9.84 Å². The van der Waals surface area contributed by atoms with Gasteiger partial charge in [-0.15, -0.1) is 0 Å². The minimum Gasteiger partial charge on any atom is -0.466 e. The van der Waals surface area contributed by atoms with Crippen molar-refractivity contribution in [3.63, 3.8) is 0 Å². The number of hydrogen-bond acceptors (Lipinski definition) is 2. The molecule has 2 heterocycles. The zero-order chi connectivity index (χ0) is 19.2. The van der Waals surface area contributed by atoms with Gasteiger partial charge >= 0.3 is 0 Å². The van der Waals surface area contributed by atoms with Crippen LogP contribution in [0.3, 0.4) is 0 Å². The van der Waals surface area contributed by atoms with Crippen molar-refractivity contribution in [2.45, 2.75) is 38.7 Å². The topological polar surface area (TPSA) is 27.1 Å². The third-order valence-electron chi connectivity index (χ3n) is 5.50. The molecular weight excluding hydrogens is 400 g/mol. The van der Waals surface area contributed by atoms with E-state index >= 15 is 0 Å². The van der Waals surface area contributed by atoms with Crippen LogP contribution in [0.1, 0.15) is 43.0 Å². The fourth-order valence-electron chi connectivity index (χ4n) is 3.75. The summed E-state index contributed by atoms with van der Waals surface area (Å²) in [4.78, 5) is 0. The Balaban J connectivity index is 1.92. The molecule has 1 aromatic heterocycles. The average Bonchev–Trinajstić information content (AvgIpc) is 2.98. The summed E-state index contributed by atoms with van der Waals surface area (Å²) in [6, 6.07) is 18.8. The van der Waals surface area contributed by atoms with Gasteiger partial charge in [0.1, 0.15) is 5.60 Å². The number of ether oxygens (including phenoxy) is 1. The van der Waals surface area contributed by atoms with E-state index in [9.17, 15) is 0 Å². The first-order valence-electron chi connectivity index (χ1n) is 9.14. The summed E-state index contributed by atoms with van der Waals surface area (Å²) in [7, 11) is 0. The lowest BCUT2D eigenvalue weighted by molar-refractivity contribution is 0.0856. The minimum absolute atomic E-state index is 0.223. The maximum absolute atomic E-state index is 6.56. The number of nitrogens with zero attached hydrogens (tertiary/aromatic N) is 2. The normalized spacial score (nSPS) is 21.4. The summed E-state index contributed by atoms with van der Waals surface area (Å²) in [5.41, 5.74) is 5.03. The van der Waals surface area contributed by atoms with Crippen LogP contribution in [0.2, 0.25) is 0 Å². The first-order valence-corrected chi connectivity index (χ1v) is 9.94. The first-order chi connectivity index (χ1) is 12.9. The maximum atomic E-state index is 6.56. The molecule has 0 radical (unpaired) electrons. The largest absolute Gasteiger partial charge is 0.466 e. The molecule has 1 aliphatic heterocycles. The second kappa shape index (κ2) is 6.68. The number of hydrogen-bond donors (Lipinski definition) is 0. The predicted octanol–water partition coefficient (Wildman–Crippen LogP) is 6.19. The van der Waals surface area contributed by atoms with E-state index in [-0.39, 0.29) is 5.92 Å². The molecule has 3 aromatic rings. The van der Waals surface area contributed by atoms with Gasteiger partial charge in [-0.2, -0.15) is 5.10 Å². The van der Waals surface area contributed by atoms with Gasteiger partial charge in [0.2, 0.25) is 5.88 Å². The van der Waals surface area contributed by atoms with Crippen molar-refractivity contribution in [1.29, 1.82) is 0 Å². The van der Waals surface area contributed by atoms with Gasteiger partial charge in [0.05, 0.1) is 11.4 Å². The molecular formula is C23H23BrN2O. The third-order valence-corrected chi connectivity index (χ3v) is 6.03. The number of benzene rings is 2. The third kappa shape index (κ3) is 3.12. The summed E-state index contributed by atoms with van der Waals surface area (Å²) >= 11 is 3.50. The SMILES string of the molecule is C=C(C)[C@]1(C)C[C@H](c2ccccc2)c2c(C)nn(-c3ccc(Br)cc3)c2O1. The number of aromatic nitrogens is 2. The highest BCUT2D eigenvalue weighted by Crippen LogP contribution is 2.48. The molecule has 3 nitrogen and oxygen atoms in total. The van der Waals surface area contributed by atoms with Crippen LogP contribution >= 0.6 is 15.9 Å². The van der Waals surface area contributed by atoms with Gasteiger partial charge in [0, 0.05) is 22.4 Å². The van der Waals surface area contributed by atoms with Crippen LogP contribution in [0.15, 0.2) is 71.2 Å². The van der Waals surface area contributed by atoms with E-state index < -0.39 is 5.60 Å². The highest BCUT2D eigenvalue weighted by molar-refractivity contribution is 9.10. The van der Waals surface area contributed by atoms with Crippen molar-refractivity contribution in [3.05, 3.63) is 88.0 Å². The van der Waals surface area contributed by atoms with Gasteiger partial charge < -0.3 is 4.74 Å². The van der Waals surface area contributed by atoms with Crippen LogP contribution in [0.5, 0.6) is 5.88 Å². The quantitative estimate of drug-likeness (QED) is 0.470. The fourth-order valence-corrected chi connectivity index (χ4v) is 4.02. The molecule has 0 unspecified atom stereocenters. The van der Waals surface area contributed by atoms with E-state index in [1.165, 1.54) is 11.1 Å². The van der Waals surface area contributed by atoms with Crippen molar-refractivity contribution in [2.24, 2.45) is 0 Å². The lowest BCUT2D eigenvalue weighted by Crippen LogP contribution is -2.39. The number of aryl methyl sites for hydroxylation is 1. The summed E-state index contributed by atoms with van der Waals surface area (Å²) in [5, 5.41) is 4.84. The van der Waals surface area contributed by atoms with Crippen LogP contribution in [-0.2, 0) is 0 Å². The molecule has 2 aromatic carbocycles. The van der Waals surface area contributed by atoms with Crippen molar-refractivity contribution in [2.75, 3.05) is 0 Å². The Morgan fingerprint density at radius 2 is 1.85 bits per heavy atom. The highest BCUT2D eigenvalue weighted by Gasteiger charge is 2.42. The van der Waals surface area contributed by atoms with Crippen LogP contribution in [0, 0.1) is 6.92 Å². The van der Waals surface area contributed by atoms with Gasteiger partial charge in [0.25, 0.3) is 0 Å². The average molecular weight is 423 g/mol. The summed E-state index contributed by atoms with van der Waals surface area (Å²) in [5.74, 6) is 1.04. The van der Waals surface area contributed by atoms with E-state index in [0.717, 1.165) is 33.7 Å². The summed E-state index contributed by atoms with van der Waals surface area (Å²) < 4.78 is 9.52. The number of fused-ring (bicyclic) bond motifs is 1. The molecule has 0 spiro atoms. The van der Waals surface area contributed by atoms with Gasteiger partial charge in [-0.3, -0.25) is 0 Å². The Bertz CT molecular complexity index is 991. The van der Waals surface area contributed by atoms with Crippen LogP contribution in [0.25, 0.3) is 5.69 Å². The molecule has 0 saturated carbocycles. The molecule has 4 rings (SSSR count). The molecule has 0 aliphatic carbocycles. The standard InChI is InChI=1S/C23H23BrN2O/c1-15(2)23(4)14-20(17-8-6-5-7-9-17)21-16(3)25-26(22(21)27-23)19-12-10-18(24)11-13-19/h5-13,20H,1,14H2,2-4H3/t20-,23+/m1/s1. The summed E-state index contributed by atoms with van der Waals surface area (Å²) in [6.07, 6.45) is 0.853. The lowest BCUT2D eigenvalue weighted by atomic mass is 9.77. The second-order valence-corrected chi connectivity index (χ2v) is 8.39. The monoisotopic (exact) mass is 422 g/mol. The molecule has 4 heteroatoms. The lowest BCUT2D eigenvalue weighted by Gasteiger charge is -2.39. The number of rotatable bonds is 3. The van der Waals surface area contributed by atoms with Gasteiger partial charge in [-0.1, -0.05) is 52.8 Å². The molecule has 0 fully saturated rings. The molecule has 0 saturated heterocycles. The van der Waals surface area contributed by atoms with Gasteiger partial charge in [0.15, 0.2) is 0 Å². The van der Waals surface area contributed by atoms with Crippen LogP contribution in [-0.4, -0.2) is 15.4 Å². The van der Waals surface area contributed by atoms with Crippen molar-refractivity contribution >= 4 is 15.9 Å². The second-order valence-electron chi connectivity index (χ2n) is 7.47. The first kappa shape index (κ1) is 18.1. The number of halogens is 1. The van der Waals surface area contributed by atoms with Crippen LogP contribution in [0.4, 0.5) is 0 Å².